The average molecular weight is 246 g/mol. The molecule has 5 heteroatoms. The SMILES string of the molecule is COc1cccn2c3c(nc12)CCC(C(=O)O)C3. The predicted molar refractivity (Wildman–Crippen MR) is 64.9 cm³/mol. The number of rotatable bonds is 2. The van der Waals surface area contributed by atoms with Gasteiger partial charge in [0.2, 0.25) is 0 Å². The molecular weight excluding hydrogens is 232 g/mol. The lowest BCUT2D eigenvalue weighted by Gasteiger charge is -2.17. The van der Waals surface area contributed by atoms with Crippen LogP contribution in [-0.2, 0) is 17.6 Å². The summed E-state index contributed by atoms with van der Waals surface area (Å²) in [4.78, 5) is 15.7. The Labute approximate surface area is 104 Å². The second kappa shape index (κ2) is 4.01. The Morgan fingerprint density at radius 3 is 3.17 bits per heavy atom. The van der Waals surface area contributed by atoms with Gasteiger partial charge in [-0.25, -0.2) is 4.98 Å². The predicted octanol–water partition coefficient (Wildman–Crippen LogP) is 1.53. The third-order valence-corrected chi connectivity index (χ3v) is 3.53. The Morgan fingerprint density at radius 1 is 1.61 bits per heavy atom. The molecule has 94 valence electrons. The van der Waals surface area contributed by atoms with Gasteiger partial charge in [0, 0.05) is 18.3 Å². The number of carboxylic acids is 1. The Bertz CT molecular complexity index is 618. The topological polar surface area (TPSA) is 63.8 Å². The lowest BCUT2D eigenvalue weighted by atomic mass is 9.90. The number of hydrogen-bond acceptors (Lipinski definition) is 3. The highest BCUT2D eigenvalue weighted by Gasteiger charge is 2.28. The van der Waals surface area contributed by atoms with Crippen molar-refractivity contribution < 1.29 is 14.6 Å². The summed E-state index contributed by atoms with van der Waals surface area (Å²) < 4.78 is 7.23. The molecule has 5 nitrogen and oxygen atoms in total. The molecule has 2 aromatic rings. The first kappa shape index (κ1) is 11.1. The molecule has 0 saturated carbocycles. The largest absolute Gasteiger partial charge is 0.493 e. The van der Waals surface area contributed by atoms with Crippen LogP contribution in [0.2, 0.25) is 0 Å². The van der Waals surface area contributed by atoms with E-state index >= 15 is 0 Å². The molecule has 0 fully saturated rings. The van der Waals surface area contributed by atoms with Gasteiger partial charge >= 0.3 is 5.97 Å². The highest BCUT2D eigenvalue weighted by molar-refractivity contribution is 5.71. The number of fused-ring (bicyclic) bond motifs is 3. The van der Waals surface area contributed by atoms with Gasteiger partial charge < -0.3 is 14.2 Å². The minimum Gasteiger partial charge on any atom is -0.493 e. The number of aromatic nitrogens is 2. The van der Waals surface area contributed by atoms with Crippen molar-refractivity contribution in [3.8, 4) is 5.75 Å². The normalized spacial score (nSPS) is 18.6. The average Bonchev–Trinajstić information content (AvgIpc) is 2.76. The fourth-order valence-electron chi connectivity index (χ4n) is 2.57. The first-order chi connectivity index (χ1) is 8.70. The Morgan fingerprint density at radius 2 is 2.44 bits per heavy atom. The van der Waals surface area contributed by atoms with Gasteiger partial charge in [-0.15, -0.1) is 0 Å². The summed E-state index contributed by atoms with van der Waals surface area (Å²) in [5.41, 5.74) is 2.77. The van der Waals surface area contributed by atoms with Crippen molar-refractivity contribution in [3.05, 3.63) is 29.7 Å². The number of methoxy groups -OCH3 is 1. The number of carboxylic acid groups (broad SMARTS) is 1. The molecule has 1 atom stereocenters. The fourth-order valence-corrected chi connectivity index (χ4v) is 2.57. The van der Waals surface area contributed by atoms with Gasteiger partial charge in [-0.1, -0.05) is 0 Å². The molecule has 0 amide bonds. The number of carbonyl (C=O) groups is 1. The number of hydrogen-bond donors (Lipinski definition) is 1. The maximum Gasteiger partial charge on any atom is 0.306 e. The molecule has 0 bridgehead atoms. The number of aryl methyl sites for hydroxylation is 1. The van der Waals surface area contributed by atoms with Crippen molar-refractivity contribution in [1.29, 1.82) is 0 Å². The van der Waals surface area contributed by atoms with E-state index in [0.717, 1.165) is 29.2 Å². The molecule has 1 unspecified atom stereocenters. The third kappa shape index (κ3) is 1.54. The van der Waals surface area contributed by atoms with Crippen LogP contribution in [0.15, 0.2) is 18.3 Å². The molecule has 2 heterocycles. The monoisotopic (exact) mass is 246 g/mol. The van der Waals surface area contributed by atoms with Crippen LogP contribution in [0.1, 0.15) is 17.8 Å². The summed E-state index contributed by atoms with van der Waals surface area (Å²) in [6.07, 6.45) is 3.83. The Kier molecular flexibility index (Phi) is 2.47. The Hall–Kier alpha value is -2.04. The summed E-state index contributed by atoms with van der Waals surface area (Å²) >= 11 is 0. The van der Waals surface area contributed by atoms with Crippen molar-refractivity contribution in [2.75, 3.05) is 7.11 Å². The third-order valence-electron chi connectivity index (χ3n) is 3.53. The highest BCUT2D eigenvalue weighted by atomic mass is 16.5. The lowest BCUT2D eigenvalue weighted by Crippen LogP contribution is -2.22. The van der Waals surface area contributed by atoms with Crippen LogP contribution in [0, 0.1) is 5.92 Å². The van der Waals surface area contributed by atoms with Gasteiger partial charge in [0.15, 0.2) is 11.4 Å². The van der Waals surface area contributed by atoms with Crippen LogP contribution < -0.4 is 4.74 Å². The van der Waals surface area contributed by atoms with E-state index in [2.05, 4.69) is 4.98 Å². The highest BCUT2D eigenvalue weighted by Crippen LogP contribution is 2.29. The molecule has 0 aromatic carbocycles. The van der Waals surface area contributed by atoms with Crippen molar-refractivity contribution in [1.82, 2.24) is 9.38 Å². The maximum atomic E-state index is 11.1. The molecule has 3 rings (SSSR count). The number of ether oxygens (including phenoxy) is 1. The molecule has 1 N–H and O–H groups in total. The van der Waals surface area contributed by atoms with E-state index in [-0.39, 0.29) is 5.92 Å². The van der Waals surface area contributed by atoms with Crippen LogP contribution in [0.5, 0.6) is 5.75 Å². The molecule has 2 aromatic heterocycles. The number of imidazole rings is 1. The zero-order valence-corrected chi connectivity index (χ0v) is 10.1. The van der Waals surface area contributed by atoms with Gasteiger partial charge in [0.05, 0.1) is 18.7 Å². The molecule has 1 aliphatic carbocycles. The van der Waals surface area contributed by atoms with E-state index in [9.17, 15) is 4.79 Å². The van der Waals surface area contributed by atoms with Crippen LogP contribution in [0.3, 0.4) is 0 Å². The molecule has 0 aliphatic heterocycles. The number of pyridine rings is 1. The van der Waals surface area contributed by atoms with Crippen LogP contribution >= 0.6 is 0 Å². The number of aliphatic carboxylic acids is 1. The van der Waals surface area contributed by atoms with E-state index in [1.807, 2.05) is 22.7 Å². The van der Waals surface area contributed by atoms with Crippen molar-refractivity contribution in [2.24, 2.45) is 5.92 Å². The van der Waals surface area contributed by atoms with Gasteiger partial charge in [-0.3, -0.25) is 4.79 Å². The first-order valence-corrected chi connectivity index (χ1v) is 5.96. The molecule has 0 radical (unpaired) electrons. The van der Waals surface area contributed by atoms with E-state index < -0.39 is 5.97 Å². The van der Waals surface area contributed by atoms with Crippen molar-refractivity contribution >= 4 is 11.6 Å². The van der Waals surface area contributed by atoms with Crippen LogP contribution in [0.25, 0.3) is 5.65 Å². The zero-order valence-electron chi connectivity index (χ0n) is 10.1. The van der Waals surface area contributed by atoms with Gasteiger partial charge in [-0.2, -0.15) is 0 Å². The van der Waals surface area contributed by atoms with E-state index in [0.29, 0.717) is 12.8 Å². The van der Waals surface area contributed by atoms with Crippen molar-refractivity contribution in [3.63, 3.8) is 0 Å². The summed E-state index contributed by atoms with van der Waals surface area (Å²) in [7, 11) is 1.61. The van der Waals surface area contributed by atoms with E-state index in [1.165, 1.54) is 0 Å². The second-order valence-electron chi connectivity index (χ2n) is 4.55. The van der Waals surface area contributed by atoms with Gasteiger partial charge in [0.1, 0.15) is 0 Å². The summed E-state index contributed by atoms with van der Waals surface area (Å²) in [6.45, 7) is 0. The minimum atomic E-state index is -0.724. The standard InChI is InChI=1S/C13H14N2O3/c1-18-11-3-2-6-15-10-7-8(13(16)17)4-5-9(10)14-12(11)15/h2-3,6,8H,4-5,7H2,1H3,(H,16,17). The summed E-state index contributed by atoms with van der Waals surface area (Å²) in [5.74, 6) is -0.305. The van der Waals surface area contributed by atoms with Gasteiger partial charge in [0.25, 0.3) is 0 Å². The first-order valence-electron chi connectivity index (χ1n) is 5.96. The zero-order chi connectivity index (χ0) is 12.7. The Balaban J connectivity index is 2.14. The fraction of sp³-hybridized carbons (Fsp3) is 0.385. The number of nitrogens with zero attached hydrogens (tertiary/aromatic N) is 2. The smallest absolute Gasteiger partial charge is 0.306 e. The van der Waals surface area contributed by atoms with Gasteiger partial charge in [-0.05, 0) is 25.0 Å². The van der Waals surface area contributed by atoms with Crippen LogP contribution in [-0.4, -0.2) is 27.6 Å². The lowest BCUT2D eigenvalue weighted by molar-refractivity contribution is -0.142. The second-order valence-corrected chi connectivity index (χ2v) is 4.55. The summed E-state index contributed by atoms with van der Waals surface area (Å²) in [5, 5.41) is 9.12. The van der Waals surface area contributed by atoms with Crippen LogP contribution in [0.4, 0.5) is 0 Å². The molecule has 0 spiro atoms. The summed E-state index contributed by atoms with van der Waals surface area (Å²) in [6, 6.07) is 3.75. The van der Waals surface area contributed by atoms with E-state index in [4.69, 9.17) is 9.84 Å². The molecular formula is C13H14N2O3. The quantitative estimate of drug-likeness (QED) is 0.872. The molecule has 18 heavy (non-hydrogen) atoms. The van der Waals surface area contributed by atoms with E-state index in [1.54, 1.807) is 7.11 Å². The van der Waals surface area contributed by atoms with Crippen molar-refractivity contribution in [2.45, 2.75) is 19.3 Å². The minimum absolute atomic E-state index is 0.302. The molecule has 0 saturated heterocycles. The molecule has 1 aliphatic rings. The maximum absolute atomic E-state index is 11.1.